The molecule has 5 rings (SSSR count). The Morgan fingerprint density at radius 3 is 2.72 bits per heavy atom. The summed E-state index contributed by atoms with van der Waals surface area (Å²) in [4.78, 5) is 15.9. The second-order valence-corrected chi connectivity index (χ2v) is 9.90. The summed E-state index contributed by atoms with van der Waals surface area (Å²) in [6.45, 7) is 2.16. The van der Waals surface area contributed by atoms with Crippen molar-refractivity contribution in [3.05, 3.63) is 106 Å². The number of rotatable bonds is 6. The van der Waals surface area contributed by atoms with Crippen LogP contribution >= 0.6 is 11.8 Å². The van der Waals surface area contributed by atoms with Crippen molar-refractivity contribution in [1.82, 2.24) is 4.98 Å². The van der Waals surface area contributed by atoms with E-state index in [1.807, 2.05) is 48.6 Å². The second-order valence-electron chi connectivity index (χ2n) is 8.77. The lowest BCUT2D eigenvalue weighted by molar-refractivity contribution is -0.140. The molecule has 1 N–H and O–H groups in total. The quantitative estimate of drug-likeness (QED) is 0.304. The van der Waals surface area contributed by atoms with Gasteiger partial charge in [-0.1, -0.05) is 49.4 Å². The molecule has 0 saturated heterocycles. The van der Waals surface area contributed by atoms with Crippen molar-refractivity contribution in [1.29, 1.82) is 0 Å². The Labute approximate surface area is 211 Å². The number of hydrogen-bond acceptors (Lipinski definition) is 4. The summed E-state index contributed by atoms with van der Waals surface area (Å²) in [7, 11) is 0. The van der Waals surface area contributed by atoms with Gasteiger partial charge in [-0.3, -0.25) is 4.79 Å². The number of pyridine rings is 1. The number of thioether (sulfide) groups is 1. The normalized spacial score (nSPS) is 15.7. The molecule has 0 fully saturated rings. The smallest absolute Gasteiger partial charge is 0.307 e. The Morgan fingerprint density at radius 2 is 1.89 bits per heavy atom. The van der Waals surface area contributed by atoms with Crippen LogP contribution in [0.1, 0.15) is 40.1 Å². The molecule has 4 nitrogen and oxygen atoms in total. The fraction of sp³-hybridized carbons (Fsp3) is 0.172. The maximum Gasteiger partial charge on any atom is 0.307 e. The fourth-order valence-corrected chi connectivity index (χ4v) is 5.55. The van der Waals surface area contributed by atoms with E-state index >= 15 is 0 Å². The monoisotopic (exact) mass is 503 g/mol. The molecule has 0 amide bonds. The zero-order valence-corrected chi connectivity index (χ0v) is 20.3. The largest absolute Gasteiger partial charge is 0.489 e. The lowest BCUT2D eigenvalue weighted by atomic mass is 9.98. The van der Waals surface area contributed by atoms with Crippen LogP contribution in [0, 0.1) is 17.6 Å². The van der Waals surface area contributed by atoms with Gasteiger partial charge in [0.1, 0.15) is 12.4 Å². The van der Waals surface area contributed by atoms with E-state index in [9.17, 15) is 18.7 Å². The van der Waals surface area contributed by atoms with Crippen LogP contribution in [0.25, 0.3) is 23.1 Å². The topological polar surface area (TPSA) is 59.4 Å². The van der Waals surface area contributed by atoms with Gasteiger partial charge < -0.3 is 9.84 Å². The molecule has 36 heavy (non-hydrogen) atoms. The maximum absolute atomic E-state index is 13.6. The Bertz CT molecular complexity index is 1490. The number of ether oxygens (including phenoxy) is 1. The minimum Gasteiger partial charge on any atom is -0.489 e. The highest BCUT2D eigenvalue weighted by molar-refractivity contribution is 7.99. The zero-order chi connectivity index (χ0) is 25.2. The van der Waals surface area contributed by atoms with Gasteiger partial charge in [-0.2, -0.15) is 0 Å². The van der Waals surface area contributed by atoms with Gasteiger partial charge in [-0.05, 0) is 47.0 Å². The predicted molar refractivity (Wildman–Crippen MR) is 139 cm³/mol. The highest BCUT2D eigenvalue weighted by Crippen LogP contribution is 2.45. The second kappa shape index (κ2) is 10.1. The average Bonchev–Trinajstić information content (AvgIpc) is 3.03. The predicted octanol–water partition coefficient (Wildman–Crippen LogP) is 7.12. The van der Waals surface area contributed by atoms with E-state index in [0.717, 1.165) is 40.1 Å². The number of halogens is 2. The van der Waals surface area contributed by atoms with Gasteiger partial charge in [0.2, 0.25) is 0 Å². The van der Waals surface area contributed by atoms with Gasteiger partial charge in [0.15, 0.2) is 11.6 Å². The Hall–Kier alpha value is -3.71. The van der Waals surface area contributed by atoms with Crippen LogP contribution in [0.15, 0.2) is 66.7 Å². The van der Waals surface area contributed by atoms with Crippen LogP contribution in [0.5, 0.6) is 5.75 Å². The van der Waals surface area contributed by atoms with Gasteiger partial charge in [0, 0.05) is 22.8 Å². The number of fused-ring (bicyclic) bond motifs is 3. The van der Waals surface area contributed by atoms with E-state index in [-0.39, 0.29) is 5.25 Å². The lowest BCUT2D eigenvalue weighted by Crippen LogP contribution is -2.13. The number of nitrogens with zero attached hydrogens (tertiary/aromatic N) is 1. The number of aromatic nitrogens is 1. The highest BCUT2D eigenvalue weighted by atomic mass is 32.2. The average molecular weight is 504 g/mol. The molecule has 0 radical (unpaired) electrons. The number of carboxylic acid groups (broad SMARTS) is 1. The van der Waals surface area contributed by atoms with Gasteiger partial charge in [0.25, 0.3) is 0 Å². The van der Waals surface area contributed by atoms with Crippen molar-refractivity contribution >= 4 is 40.8 Å². The van der Waals surface area contributed by atoms with Gasteiger partial charge in [0.05, 0.1) is 22.4 Å². The fourth-order valence-electron chi connectivity index (χ4n) is 4.15. The molecule has 182 valence electrons. The van der Waals surface area contributed by atoms with Crippen LogP contribution in [0.4, 0.5) is 8.78 Å². The molecule has 2 heterocycles. The van der Waals surface area contributed by atoms with E-state index in [1.165, 1.54) is 0 Å². The van der Waals surface area contributed by atoms with E-state index in [0.29, 0.717) is 29.0 Å². The molecule has 0 aliphatic carbocycles. The highest BCUT2D eigenvalue weighted by Gasteiger charge is 2.26. The van der Waals surface area contributed by atoms with Crippen molar-refractivity contribution in [2.24, 2.45) is 5.92 Å². The molecule has 7 heteroatoms. The standard InChI is InChI=1S/C29H23F2NO3S/c1-17(29(33)34)16-36-28-22-5-3-2-4-20(22)15-35-27-11-7-18(12-23(27)28)6-9-21-10-8-19-13-24(30)25(31)14-26(19)32-21/h2-14,17,28H,15-16H2,1H3,(H,33,34)/b9-6+/t17-,28?/m0/s1. The first-order chi connectivity index (χ1) is 17.4. The van der Waals surface area contributed by atoms with Crippen LogP contribution in [-0.2, 0) is 11.4 Å². The van der Waals surface area contributed by atoms with Gasteiger partial charge in [-0.15, -0.1) is 11.8 Å². The van der Waals surface area contributed by atoms with Crippen molar-refractivity contribution in [3.63, 3.8) is 0 Å². The summed E-state index contributed by atoms with van der Waals surface area (Å²) >= 11 is 1.60. The lowest BCUT2D eigenvalue weighted by Gasteiger charge is -2.20. The van der Waals surface area contributed by atoms with Crippen molar-refractivity contribution in [2.45, 2.75) is 18.8 Å². The summed E-state index contributed by atoms with van der Waals surface area (Å²) in [5, 5.41) is 9.83. The summed E-state index contributed by atoms with van der Waals surface area (Å²) < 4.78 is 33.2. The first-order valence-corrected chi connectivity index (χ1v) is 12.6. The molecule has 0 saturated carbocycles. The summed E-state index contributed by atoms with van der Waals surface area (Å²) in [6, 6.07) is 19.7. The number of carbonyl (C=O) groups is 1. The van der Waals surface area contributed by atoms with Crippen LogP contribution < -0.4 is 4.74 Å². The molecule has 2 atom stereocenters. The van der Waals surface area contributed by atoms with Gasteiger partial charge in [-0.25, -0.2) is 13.8 Å². The van der Waals surface area contributed by atoms with Crippen LogP contribution in [0.2, 0.25) is 0 Å². The number of carboxylic acids is 1. The molecule has 1 aromatic heterocycles. The Kier molecular flexibility index (Phi) is 6.74. The summed E-state index contributed by atoms with van der Waals surface area (Å²) in [5.41, 5.74) is 5.09. The SMILES string of the molecule is C[C@@H](CSC1c2ccccc2COc2ccc(/C=C/c3ccc4cc(F)c(F)cc4n3)cc21)C(=O)O. The Morgan fingerprint density at radius 1 is 1.08 bits per heavy atom. The maximum atomic E-state index is 13.6. The molecule has 3 aromatic carbocycles. The van der Waals surface area contributed by atoms with Crippen LogP contribution in [0.3, 0.4) is 0 Å². The number of hydrogen-bond donors (Lipinski definition) is 1. The van der Waals surface area contributed by atoms with Crippen molar-refractivity contribution in [2.75, 3.05) is 5.75 Å². The first kappa shape index (κ1) is 24.0. The number of benzene rings is 3. The van der Waals surface area contributed by atoms with E-state index in [4.69, 9.17) is 4.74 Å². The third-order valence-electron chi connectivity index (χ3n) is 6.17. The van der Waals surface area contributed by atoms with Crippen molar-refractivity contribution in [3.8, 4) is 5.75 Å². The molecule has 0 bridgehead atoms. The minimum absolute atomic E-state index is 0.0782. The third kappa shape index (κ3) is 4.97. The first-order valence-electron chi connectivity index (χ1n) is 11.5. The zero-order valence-electron chi connectivity index (χ0n) is 19.4. The summed E-state index contributed by atoms with van der Waals surface area (Å²) in [5.74, 6) is -1.88. The molecule has 1 aliphatic heterocycles. The number of aliphatic carboxylic acids is 1. The van der Waals surface area contributed by atoms with Crippen LogP contribution in [-0.4, -0.2) is 21.8 Å². The molecule has 1 aliphatic rings. The van der Waals surface area contributed by atoms with E-state index in [2.05, 4.69) is 11.1 Å². The van der Waals surface area contributed by atoms with E-state index in [1.54, 1.807) is 30.8 Å². The third-order valence-corrected chi connectivity index (χ3v) is 7.70. The van der Waals surface area contributed by atoms with E-state index < -0.39 is 23.5 Å². The Balaban J connectivity index is 1.48. The molecule has 0 spiro atoms. The minimum atomic E-state index is -0.928. The molecule has 4 aromatic rings. The molecule has 1 unspecified atom stereocenters. The molecular weight excluding hydrogens is 480 g/mol. The summed E-state index contributed by atoms with van der Waals surface area (Å²) in [6.07, 6.45) is 3.73. The van der Waals surface area contributed by atoms with Gasteiger partial charge >= 0.3 is 5.97 Å². The molecular formula is C29H23F2NO3S. The van der Waals surface area contributed by atoms with Crippen molar-refractivity contribution < 1.29 is 23.4 Å².